The monoisotopic (exact) mass is 452 g/mol. The lowest BCUT2D eigenvalue weighted by Gasteiger charge is -2.25. The van der Waals surface area contributed by atoms with Gasteiger partial charge in [0.1, 0.15) is 19.8 Å². The van der Waals surface area contributed by atoms with E-state index in [2.05, 4.69) is 5.32 Å². The normalized spacial score (nSPS) is 12.8. The molecule has 4 rings (SSSR count). The molecule has 166 valence electrons. The Bertz CT molecular complexity index is 1190. The predicted octanol–water partition coefficient (Wildman–Crippen LogP) is 3.28. The molecule has 1 heterocycles. The number of sulfonamides is 1. The number of hydrogen-bond donors (Lipinski definition) is 1. The van der Waals surface area contributed by atoms with Gasteiger partial charge in [-0.15, -0.1) is 0 Å². The molecular weight excluding hydrogens is 428 g/mol. The van der Waals surface area contributed by atoms with Crippen molar-refractivity contribution in [3.8, 4) is 11.5 Å². The maximum atomic E-state index is 13.6. The number of amides is 1. The zero-order valence-corrected chi connectivity index (χ0v) is 18.5. The van der Waals surface area contributed by atoms with Gasteiger partial charge in [-0.05, 0) is 36.8 Å². The van der Waals surface area contributed by atoms with E-state index in [1.807, 2.05) is 49.4 Å². The Hall–Kier alpha value is -3.52. The summed E-state index contributed by atoms with van der Waals surface area (Å²) >= 11 is 0. The van der Waals surface area contributed by atoms with Gasteiger partial charge in [0.25, 0.3) is 10.0 Å². The van der Waals surface area contributed by atoms with E-state index in [1.165, 1.54) is 12.1 Å². The number of benzene rings is 3. The molecule has 8 heteroatoms. The summed E-state index contributed by atoms with van der Waals surface area (Å²) < 4.78 is 39.3. The van der Waals surface area contributed by atoms with E-state index in [4.69, 9.17) is 9.47 Å². The molecule has 32 heavy (non-hydrogen) atoms. The average molecular weight is 453 g/mol. The van der Waals surface area contributed by atoms with E-state index < -0.39 is 15.9 Å². The summed E-state index contributed by atoms with van der Waals surface area (Å²) in [5, 5.41) is 2.79. The summed E-state index contributed by atoms with van der Waals surface area (Å²) in [5.74, 6) is 0.461. The first kappa shape index (κ1) is 21.7. The first-order valence-corrected chi connectivity index (χ1v) is 11.7. The fourth-order valence-corrected chi connectivity index (χ4v) is 4.76. The van der Waals surface area contributed by atoms with Gasteiger partial charge in [0, 0.05) is 12.6 Å². The van der Waals surface area contributed by atoms with Crippen LogP contribution in [-0.2, 0) is 21.4 Å². The van der Waals surface area contributed by atoms with Gasteiger partial charge in [0.2, 0.25) is 5.91 Å². The Morgan fingerprint density at radius 2 is 1.62 bits per heavy atom. The van der Waals surface area contributed by atoms with Gasteiger partial charge in [-0.25, -0.2) is 8.42 Å². The molecular formula is C24H24N2O5S. The van der Waals surface area contributed by atoms with Crippen LogP contribution in [0.2, 0.25) is 0 Å². The number of aryl methyl sites for hydroxylation is 1. The number of nitrogens with zero attached hydrogens (tertiary/aromatic N) is 1. The van der Waals surface area contributed by atoms with Gasteiger partial charge >= 0.3 is 0 Å². The van der Waals surface area contributed by atoms with Crippen LogP contribution >= 0.6 is 0 Å². The first-order valence-electron chi connectivity index (χ1n) is 10.2. The number of carbonyl (C=O) groups is 1. The highest BCUT2D eigenvalue weighted by molar-refractivity contribution is 7.92. The highest BCUT2D eigenvalue weighted by atomic mass is 32.2. The summed E-state index contributed by atoms with van der Waals surface area (Å²) in [7, 11) is -4.04. The smallest absolute Gasteiger partial charge is 0.264 e. The van der Waals surface area contributed by atoms with Crippen LogP contribution < -0.4 is 19.1 Å². The molecule has 7 nitrogen and oxygen atoms in total. The minimum atomic E-state index is -4.04. The summed E-state index contributed by atoms with van der Waals surface area (Å²) in [5.41, 5.74) is 2.32. The number of ether oxygens (including phenoxy) is 2. The zero-order chi connectivity index (χ0) is 22.6. The van der Waals surface area contributed by atoms with Gasteiger partial charge in [0.15, 0.2) is 11.5 Å². The summed E-state index contributed by atoms with van der Waals surface area (Å²) in [6.07, 6.45) is 0. The molecule has 3 aromatic carbocycles. The third-order valence-electron chi connectivity index (χ3n) is 5.04. The number of hydrogen-bond acceptors (Lipinski definition) is 5. The van der Waals surface area contributed by atoms with Crippen molar-refractivity contribution in [1.29, 1.82) is 0 Å². The van der Waals surface area contributed by atoms with Crippen molar-refractivity contribution in [1.82, 2.24) is 5.32 Å². The summed E-state index contributed by atoms with van der Waals surface area (Å²) in [6, 6.07) is 20.9. The molecule has 0 aliphatic carbocycles. The Balaban J connectivity index is 1.61. The molecule has 1 amide bonds. The third kappa shape index (κ3) is 4.86. The topological polar surface area (TPSA) is 84.9 Å². The minimum Gasteiger partial charge on any atom is -0.486 e. The Kier molecular flexibility index (Phi) is 6.32. The van der Waals surface area contributed by atoms with Crippen LogP contribution in [0.25, 0.3) is 0 Å². The number of anilines is 1. The van der Waals surface area contributed by atoms with Crippen molar-refractivity contribution in [2.75, 3.05) is 24.1 Å². The summed E-state index contributed by atoms with van der Waals surface area (Å²) in [6.45, 7) is 2.63. The van der Waals surface area contributed by atoms with E-state index in [-0.39, 0.29) is 11.4 Å². The van der Waals surface area contributed by atoms with Gasteiger partial charge in [0.05, 0.1) is 10.6 Å². The maximum absolute atomic E-state index is 13.6. The van der Waals surface area contributed by atoms with Crippen LogP contribution in [-0.4, -0.2) is 34.1 Å². The lowest BCUT2D eigenvalue weighted by atomic mass is 10.2. The quantitative estimate of drug-likeness (QED) is 0.595. The minimum absolute atomic E-state index is 0.0261. The molecule has 0 saturated carbocycles. The molecule has 1 aliphatic rings. The molecule has 0 unspecified atom stereocenters. The Morgan fingerprint density at radius 1 is 0.938 bits per heavy atom. The van der Waals surface area contributed by atoms with Crippen LogP contribution in [0, 0.1) is 6.92 Å². The molecule has 3 aromatic rings. The molecule has 1 N–H and O–H groups in total. The lowest BCUT2D eigenvalue weighted by molar-refractivity contribution is -0.119. The number of fused-ring (bicyclic) bond motifs is 1. The molecule has 0 atom stereocenters. The highest BCUT2D eigenvalue weighted by Crippen LogP contribution is 2.34. The molecule has 0 fully saturated rings. The van der Waals surface area contributed by atoms with Crippen molar-refractivity contribution in [2.45, 2.75) is 18.4 Å². The van der Waals surface area contributed by atoms with Crippen LogP contribution in [0.15, 0.2) is 77.7 Å². The van der Waals surface area contributed by atoms with Crippen molar-refractivity contribution >= 4 is 21.6 Å². The largest absolute Gasteiger partial charge is 0.486 e. The third-order valence-corrected chi connectivity index (χ3v) is 6.81. The van der Waals surface area contributed by atoms with Crippen LogP contribution in [0.4, 0.5) is 5.69 Å². The standard InChI is InChI=1S/C24H24N2O5S/c1-18-7-9-20(10-8-18)26(17-24(27)25-16-19-5-3-2-4-6-19)32(28,29)21-11-12-22-23(15-21)31-14-13-30-22/h2-12,15H,13-14,16-17H2,1H3,(H,25,27). The second-order valence-corrected chi connectivity index (χ2v) is 9.28. The fraction of sp³-hybridized carbons (Fsp3) is 0.208. The first-order chi connectivity index (χ1) is 15.4. The molecule has 0 aromatic heterocycles. The zero-order valence-electron chi connectivity index (χ0n) is 17.7. The second-order valence-electron chi connectivity index (χ2n) is 7.42. The van der Waals surface area contributed by atoms with Crippen molar-refractivity contribution in [3.63, 3.8) is 0 Å². The van der Waals surface area contributed by atoms with E-state index in [1.54, 1.807) is 18.2 Å². The van der Waals surface area contributed by atoms with Gasteiger partial charge < -0.3 is 14.8 Å². The number of rotatable bonds is 7. The molecule has 0 bridgehead atoms. The SMILES string of the molecule is Cc1ccc(N(CC(=O)NCc2ccccc2)S(=O)(=O)c2ccc3c(c2)OCCO3)cc1. The fourth-order valence-electron chi connectivity index (χ4n) is 3.32. The molecule has 0 saturated heterocycles. The Morgan fingerprint density at radius 3 is 2.34 bits per heavy atom. The number of carbonyl (C=O) groups excluding carboxylic acids is 1. The van der Waals surface area contributed by atoms with E-state index in [0.29, 0.717) is 36.9 Å². The van der Waals surface area contributed by atoms with Crippen molar-refractivity contribution < 1.29 is 22.7 Å². The highest BCUT2D eigenvalue weighted by Gasteiger charge is 2.29. The lowest BCUT2D eigenvalue weighted by Crippen LogP contribution is -2.40. The molecule has 1 aliphatic heterocycles. The molecule has 0 radical (unpaired) electrons. The second kappa shape index (κ2) is 9.32. The molecule has 0 spiro atoms. The van der Waals surface area contributed by atoms with Gasteiger partial charge in [-0.1, -0.05) is 48.0 Å². The van der Waals surface area contributed by atoms with Crippen molar-refractivity contribution in [3.05, 3.63) is 83.9 Å². The van der Waals surface area contributed by atoms with Crippen molar-refractivity contribution in [2.24, 2.45) is 0 Å². The van der Waals surface area contributed by atoms with Gasteiger partial charge in [-0.2, -0.15) is 0 Å². The van der Waals surface area contributed by atoms with Crippen LogP contribution in [0.5, 0.6) is 11.5 Å². The summed E-state index contributed by atoms with van der Waals surface area (Å²) in [4.78, 5) is 12.7. The van der Waals surface area contributed by atoms with Gasteiger partial charge in [-0.3, -0.25) is 9.10 Å². The maximum Gasteiger partial charge on any atom is 0.264 e. The van der Waals surface area contributed by atoms with E-state index >= 15 is 0 Å². The van der Waals surface area contributed by atoms with E-state index in [9.17, 15) is 13.2 Å². The predicted molar refractivity (Wildman–Crippen MR) is 121 cm³/mol. The Labute approximate surface area is 187 Å². The van der Waals surface area contributed by atoms with Crippen LogP contribution in [0.1, 0.15) is 11.1 Å². The average Bonchev–Trinajstić information content (AvgIpc) is 2.82. The number of nitrogens with one attached hydrogen (secondary N) is 1. The van der Waals surface area contributed by atoms with Crippen LogP contribution in [0.3, 0.4) is 0 Å². The van der Waals surface area contributed by atoms with E-state index in [0.717, 1.165) is 15.4 Å².